The van der Waals surface area contributed by atoms with Crippen LogP contribution in [0.15, 0.2) is 42.9 Å². The third kappa shape index (κ3) is 5.36. The predicted octanol–water partition coefficient (Wildman–Crippen LogP) is 3.65. The van der Waals surface area contributed by atoms with Crippen LogP contribution in [0.4, 0.5) is 0 Å². The van der Waals surface area contributed by atoms with Crippen LogP contribution in [0.2, 0.25) is 5.02 Å². The number of nitriles is 1. The van der Waals surface area contributed by atoms with Gasteiger partial charge in [0.25, 0.3) is 5.91 Å². The zero-order valence-corrected chi connectivity index (χ0v) is 19.9. The largest absolute Gasteiger partial charge is 0.617 e. The molecule has 0 saturated heterocycles. The lowest BCUT2D eigenvalue weighted by Gasteiger charge is -2.29. The van der Waals surface area contributed by atoms with Crippen LogP contribution < -0.4 is 0 Å². The molecule has 10 heteroatoms. The number of carbonyl (C=O) groups is 1. The van der Waals surface area contributed by atoms with Gasteiger partial charge in [-0.2, -0.15) is 15.0 Å². The second-order valence-electron chi connectivity index (χ2n) is 8.05. The van der Waals surface area contributed by atoms with Gasteiger partial charge in [0.1, 0.15) is 18.1 Å². The van der Waals surface area contributed by atoms with Gasteiger partial charge in [0.15, 0.2) is 11.6 Å². The smallest absolute Gasteiger partial charge is 0.254 e. The van der Waals surface area contributed by atoms with Gasteiger partial charge in [0.2, 0.25) is 0 Å². The van der Waals surface area contributed by atoms with Gasteiger partial charge < -0.3 is 9.45 Å². The van der Waals surface area contributed by atoms with Crippen LogP contribution in [0.25, 0.3) is 5.82 Å². The molecule has 2 atom stereocenters. The average molecular weight is 483 g/mol. The molecule has 1 amide bonds. The standard InChI is InChI=1S/C23H23ClN6O2S/c1-15(22-27-14-28-30(22)21-6-3-16(12-25)13-26-21)29(7-8-33(2)32)23(31)19-9-18(17-4-5-17)10-20(24)11-19/h3,6,9-11,13-15,17H,4-5,7-8H2,1-2H3. The van der Waals surface area contributed by atoms with E-state index in [4.69, 9.17) is 16.9 Å². The highest BCUT2D eigenvalue weighted by Gasteiger charge is 2.30. The Morgan fingerprint density at radius 2 is 2.15 bits per heavy atom. The summed E-state index contributed by atoms with van der Waals surface area (Å²) in [6.07, 6.45) is 6.67. The minimum atomic E-state index is -1.08. The van der Waals surface area contributed by atoms with E-state index in [2.05, 4.69) is 15.1 Å². The molecule has 1 saturated carbocycles. The first-order chi connectivity index (χ1) is 15.9. The second kappa shape index (κ2) is 9.91. The van der Waals surface area contributed by atoms with Crippen molar-refractivity contribution < 1.29 is 9.35 Å². The van der Waals surface area contributed by atoms with Crippen LogP contribution in [0, 0.1) is 11.3 Å². The van der Waals surface area contributed by atoms with Crippen molar-refractivity contribution in [3.63, 3.8) is 0 Å². The first-order valence-corrected chi connectivity index (χ1v) is 12.7. The minimum Gasteiger partial charge on any atom is -0.617 e. The van der Waals surface area contributed by atoms with Crippen molar-refractivity contribution >= 4 is 28.7 Å². The summed E-state index contributed by atoms with van der Waals surface area (Å²) in [6, 6.07) is 10.4. The highest BCUT2D eigenvalue weighted by Crippen LogP contribution is 2.41. The van der Waals surface area contributed by atoms with Crippen molar-refractivity contribution in [2.24, 2.45) is 0 Å². The van der Waals surface area contributed by atoms with E-state index in [1.807, 2.05) is 25.1 Å². The molecule has 8 nitrogen and oxygen atoms in total. The molecule has 4 rings (SSSR count). The van der Waals surface area contributed by atoms with Crippen molar-refractivity contribution in [3.8, 4) is 11.9 Å². The van der Waals surface area contributed by atoms with Gasteiger partial charge in [0, 0.05) is 16.8 Å². The monoisotopic (exact) mass is 482 g/mol. The Hall–Kier alpha value is -2.93. The second-order valence-corrected chi connectivity index (χ2v) is 10.0. The molecule has 0 aliphatic heterocycles. The van der Waals surface area contributed by atoms with E-state index in [1.165, 1.54) is 12.5 Å². The molecule has 2 unspecified atom stereocenters. The van der Waals surface area contributed by atoms with Crippen molar-refractivity contribution in [1.82, 2.24) is 24.6 Å². The normalized spacial score (nSPS) is 15.0. The van der Waals surface area contributed by atoms with Gasteiger partial charge >= 0.3 is 0 Å². The van der Waals surface area contributed by atoms with Gasteiger partial charge in [0.05, 0.1) is 24.4 Å². The average Bonchev–Trinajstić information content (AvgIpc) is 3.55. The topological polar surface area (TPSA) is 111 Å². The van der Waals surface area contributed by atoms with Gasteiger partial charge in [-0.05, 0) is 61.6 Å². The van der Waals surface area contributed by atoms with Crippen LogP contribution in [-0.2, 0) is 11.2 Å². The quantitative estimate of drug-likeness (QED) is 0.453. The summed E-state index contributed by atoms with van der Waals surface area (Å²) in [5.41, 5.74) is 2.01. The van der Waals surface area contributed by atoms with E-state index >= 15 is 0 Å². The summed E-state index contributed by atoms with van der Waals surface area (Å²) in [7, 11) is 0. The van der Waals surface area contributed by atoms with Crippen LogP contribution in [-0.4, -0.2) is 53.7 Å². The molecule has 170 valence electrons. The van der Waals surface area contributed by atoms with E-state index in [0.717, 1.165) is 18.4 Å². The van der Waals surface area contributed by atoms with Crippen LogP contribution in [0.5, 0.6) is 0 Å². The molecular formula is C23H23ClN6O2S. The zero-order valence-electron chi connectivity index (χ0n) is 18.3. The summed E-state index contributed by atoms with van der Waals surface area (Å²) < 4.78 is 13.4. The summed E-state index contributed by atoms with van der Waals surface area (Å²) in [6.45, 7) is 2.13. The first-order valence-electron chi connectivity index (χ1n) is 10.5. The number of aromatic nitrogens is 4. The highest BCUT2D eigenvalue weighted by atomic mass is 35.5. The number of amides is 1. The molecule has 0 N–H and O–H groups in total. The number of hydrogen-bond acceptors (Lipinski definition) is 6. The van der Waals surface area contributed by atoms with Crippen LogP contribution in [0.1, 0.15) is 59.0 Å². The van der Waals surface area contributed by atoms with Gasteiger partial charge in [-0.1, -0.05) is 22.8 Å². The van der Waals surface area contributed by atoms with Crippen LogP contribution >= 0.6 is 11.6 Å². The molecule has 0 bridgehead atoms. The summed E-state index contributed by atoms with van der Waals surface area (Å²) in [5.74, 6) is 1.56. The lowest BCUT2D eigenvalue weighted by molar-refractivity contribution is 0.0695. The molecule has 0 spiro atoms. The number of carbonyl (C=O) groups excluding carboxylic acids is 1. The van der Waals surface area contributed by atoms with Crippen molar-refractivity contribution in [2.45, 2.75) is 31.7 Å². The number of nitrogens with zero attached hydrogens (tertiary/aromatic N) is 6. The summed E-state index contributed by atoms with van der Waals surface area (Å²) >= 11 is 5.25. The Morgan fingerprint density at radius 1 is 1.36 bits per heavy atom. The maximum Gasteiger partial charge on any atom is 0.254 e. The maximum absolute atomic E-state index is 13.6. The lowest BCUT2D eigenvalue weighted by Crippen LogP contribution is -2.38. The van der Waals surface area contributed by atoms with Gasteiger partial charge in [-0.25, -0.2) is 9.97 Å². The molecule has 2 aromatic heterocycles. The number of pyridine rings is 1. The summed E-state index contributed by atoms with van der Waals surface area (Å²) in [5, 5.41) is 13.8. The number of rotatable bonds is 8. The molecule has 33 heavy (non-hydrogen) atoms. The van der Waals surface area contributed by atoms with Gasteiger partial charge in [-0.3, -0.25) is 4.79 Å². The third-order valence-corrected chi connectivity index (χ3v) is 6.58. The Kier molecular flexibility index (Phi) is 6.98. The van der Waals surface area contributed by atoms with E-state index in [1.54, 1.807) is 34.0 Å². The Balaban J connectivity index is 1.67. The molecule has 1 aliphatic rings. The van der Waals surface area contributed by atoms with Crippen molar-refractivity contribution in [3.05, 3.63) is 70.4 Å². The summed E-state index contributed by atoms with van der Waals surface area (Å²) in [4.78, 5) is 24.0. The van der Waals surface area contributed by atoms with E-state index in [0.29, 0.717) is 39.5 Å². The number of benzene rings is 1. The fourth-order valence-electron chi connectivity index (χ4n) is 3.68. The molecule has 3 aromatic rings. The third-order valence-electron chi connectivity index (χ3n) is 5.61. The maximum atomic E-state index is 13.6. The zero-order chi connectivity index (χ0) is 23.5. The Bertz CT molecular complexity index is 1190. The molecule has 0 radical (unpaired) electrons. The van der Waals surface area contributed by atoms with E-state index in [-0.39, 0.29) is 12.5 Å². The lowest BCUT2D eigenvalue weighted by atomic mass is 10.1. The van der Waals surface area contributed by atoms with Crippen molar-refractivity contribution in [1.29, 1.82) is 5.26 Å². The fraction of sp³-hybridized carbons (Fsp3) is 0.348. The molecule has 1 fully saturated rings. The van der Waals surface area contributed by atoms with Crippen molar-refractivity contribution in [2.75, 3.05) is 18.6 Å². The number of hydrogen-bond donors (Lipinski definition) is 0. The van der Waals surface area contributed by atoms with Crippen LogP contribution in [0.3, 0.4) is 0 Å². The molecule has 1 aliphatic carbocycles. The predicted molar refractivity (Wildman–Crippen MR) is 126 cm³/mol. The number of halogens is 1. The highest BCUT2D eigenvalue weighted by molar-refractivity contribution is 7.90. The van der Waals surface area contributed by atoms with E-state index in [9.17, 15) is 9.35 Å². The molecule has 1 aromatic carbocycles. The van der Waals surface area contributed by atoms with E-state index < -0.39 is 17.2 Å². The first kappa shape index (κ1) is 23.2. The molecular weight excluding hydrogens is 460 g/mol. The minimum absolute atomic E-state index is 0.209. The SMILES string of the molecule is CC(c1ncnn1-c1ccc(C#N)cn1)N(CC[S+](C)[O-])C(=O)c1cc(Cl)cc(C2CC2)c1. The Morgan fingerprint density at radius 3 is 2.79 bits per heavy atom. The van der Waals surface area contributed by atoms with Gasteiger partial charge in [-0.15, -0.1) is 0 Å². The fourth-order valence-corrected chi connectivity index (χ4v) is 4.38. The molecule has 2 heterocycles. The Labute approximate surface area is 200 Å².